The average molecular weight is 289 g/mol. The normalized spacial score (nSPS) is 18.5. The standard InChI is InChI=1S/C16H19NO4/c1-10-4-6-12(7-5-10)14-13(11(2)18)15(19)16(20)17(14)8-9-21-3/h4-7,14,19H,8-9H2,1-3H3/t14-/m0/s1. The summed E-state index contributed by atoms with van der Waals surface area (Å²) in [5.41, 5.74) is 2.04. The van der Waals surface area contributed by atoms with Crippen molar-refractivity contribution in [2.24, 2.45) is 0 Å². The van der Waals surface area contributed by atoms with Crippen LogP contribution in [0.5, 0.6) is 0 Å². The number of carbonyl (C=O) groups is 2. The zero-order chi connectivity index (χ0) is 15.6. The zero-order valence-electron chi connectivity index (χ0n) is 12.4. The quantitative estimate of drug-likeness (QED) is 0.899. The van der Waals surface area contributed by atoms with Gasteiger partial charge in [0.2, 0.25) is 0 Å². The van der Waals surface area contributed by atoms with Gasteiger partial charge in [-0.25, -0.2) is 0 Å². The lowest BCUT2D eigenvalue weighted by molar-refractivity contribution is -0.130. The highest BCUT2D eigenvalue weighted by Gasteiger charge is 2.41. The topological polar surface area (TPSA) is 66.8 Å². The largest absolute Gasteiger partial charge is 0.503 e. The fourth-order valence-corrected chi connectivity index (χ4v) is 2.53. The van der Waals surface area contributed by atoms with E-state index in [1.54, 1.807) is 7.11 Å². The highest BCUT2D eigenvalue weighted by atomic mass is 16.5. The summed E-state index contributed by atoms with van der Waals surface area (Å²) in [6, 6.07) is 7.03. The molecule has 0 unspecified atom stereocenters. The summed E-state index contributed by atoms with van der Waals surface area (Å²) >= 11 is 0. The molecule has 1 aliphatic rings. The monoisotopic (exact) mass is 289 g/mol. The number of Topliss-reactive ketones (excluding diaryl/α,β-unsaturated/α-hetero) is 1. The number of methoxy groups -OCH3 is 1. The van der Waals surface area contributed by atoms with Gasteiger partial charge in [0.05, 0.1) is 18.2 Å². The Morgan fingerprint density at radius 1 is 1.33 bits per heavy atom. The van der Waals surface area contributed by atoms with Gasteiger partial charge in [0, 0.05) is 13.7 Å². The van der Waals surface area contributed by atoms with Crippen molar-refractivity contribution in [2.45, 2.75) is 19.9 Å². The van der Waals surface area contributed by atoms with Crippen LogP contribution in [0.3, 0.4) is 0 Å². The Morgan fingerprint density at radius 2 is 1.95 bits per heavy atom. The summed E-state index contributed by atoms with van der Waals surface area (Å²) in [6.07, 6.45) is 0. The number of hydrogen-bond donors (Lipinski definition) is 1. The minimum absolute atomic E-state index is 0.153. The van der Waals surface area contributed by atoms with Gasteiger partial charge in [-0.3, -0.25) is 9.59 Å². The van der Waals surface area contributed by atoms with Crippen LogP contribution in [0.2, 0.25) is 0 Å². The third-order valence-corrected chi connectivity index (χ3v) is 3.61. The maximum Gasteiger partial charge on any atom is 0.290 e. The van der Waals surface area contributed by atoms with Crippen LogP contribution in [0.4, 0.5) is 0 Å². The molecule has 0 saturated carbocycles. The van der Waals surface area contributed by atoms with Gasteiger partial charge >= 0.3 is 0 Å². The summed E-state index contributed by atoms with van der Waals surface area (Å²) in [4.78, 5) is 25.5. The molecule has 0 saturated heterocycles. The van der Waals surface area contributed by atoms with Crippen molar-refractivity contribution in [2.75, 3.05) is 20.3 Å². The first-order valence-corrected chi connectivity index (χ1v) is 6.78. The summed E-state index contributed by atoms with van der Waals surface area (Å²) in [5.74, 6) is -1.28. The van der Waals surface area contributed by atoms with Gasteiger partial charge < -0.3 is 14.7 Å². The van der Waals surface area contributed by atoms with E-state index in [0.29, 0.717) is 13.2 Å². The summed E-state index contributed by atoms with van der Waals surface area (Å²) in [7, 11) is 1.54. The summed E-state index contributed by atoms with van der Waals surface area (Å²) < 4.78 is 5.01. The SMILES string of the molecule is COCCN1C(=O)C(O)=C(C(C)=O)[C@@H]1c1ccc(C)cc1. The van der Waals surface area contributed by atoms with E-state index in [1.165, 1.54) is 11.8 Å². The second-order valence-electron chi connectivity index (χ2n) is 5.12. The van der Waals surface area contributed by atoms with Gasteiger partial charge in [0.25, 0.3) is 5.91 Å². The Bertz CT molecular complexity index is 589. The molecule has 0 fully saturated rings. The van der Waals surface area contributed by atoms with Gasteiger partial charge in [-0.05, 0) is 19.4 Å². The van der Waals surface area contributed by atoms with Crippen LogP contribution in [-0.4, -0.2) is 42.0 Å². The Labute approximate surface area is 123 Å². The lowest BCUT2D eigenvalue weighted by Gasteiger charge is -2.26. The van der Waals surface area contributed by atoms with Gasteiger partial charge in [0.15, 0.2) is 11.5 Å². The third-order valence-electron chi connectivity index (χ3n) is 3.61. The number of ether oxygens (including phenoxy) is 1. The number of hydrogen-bond acceptors (Lipinski definition) is 4. The maximum atomic E-state index is 12.2. The maximum absolute atomic E-state index is 12.2. The van der Waals surface area contributed by atoms with Crippen LogP contribution < -0.4 is 0 Å². The number of aliphatic hydroxyl groups excluding tert-OH is 1. The predicted molar refractivity (Wildman–Crippen MR) is 77.8 cm³/mol. The number of rotatable bonds is 5. The molecule has 0 bridgehead atoms. The highest BCUT2D eigenvalue weighted by Crippen LogP contribution is 2.37. The van der Waals surface area contributed by atoms with E-state index in [-0.39, 0.29) is 11.4 Å². The molecule has 5 nitrogen and oxygen atoms in total. The molecule has 1 atom stereocenters. The molecule has 0 aliphatic carbocycles. The van der Waals surface area contributed by atoms with Crippen molar-refractivity contribution >= 4 is 11.7 Å². The van der Waals surface area contributed by atoms with E-state index < -0.39 is 17.7 Å². The Balaban J connectivity index is 2.46. The minimum Gasteiger partial charge on any atom is -0.503 e. The fraction of sp³-hybridized carbons (Fsp3) is 0.375. The number of benzene rings is 1. The summed E-state index contributed by atoms with van der Waals surface area (Å²) in [6.45, 7) is 3.98. The lowest BCUT2D eigenvalue weighted by Crippen LogP contribution is -2.33. The molecule has 1 aromatic carbocycles. The molecule has 1 aliphatic heterocycles. The number of ketones is 1. The molecule has 1 aromatic rings. The zero-order valence-corrected chi connectivity index (χ0v) is 12.4. The van der Waals surface area contributed by atoms with E-state index in [2.05, 4.69) is 0 Å². The van der Waals surface area contributed by atoms with Crippen LogP contribution >= 0.6 is 0 Å². The van der Waals surface area contributed by atoms with Crippen molar-refractivity contribution in [1.29, 1.82) is 0 Å². The molecule has 5 heteroatoms. The second-order valence-corrected chi connectivity index (χ2v) is 5.12. The molecule has 112 valence electrons. The molecule has 0 aromatic heterocycles. The Morgan fingerprint density at radius 3 is 2.48 bits per heavy atom. The predicted octanol–water partition coefficient (Wildman–Crippen LogP) is 1.93. The van der Waals surface area contributed by atoms with E-state index in [4.69, 9.17) is 4.74 Å². The second kappa shape index (κ2) is 6.10. The van der Waals surface area contributed by atoms with Crippen molar-refractivity contribution in [3.05, 3.63) is 46.7 Å². The first kappa shape index (κ1) is 15.3. The number of amides is 1. The Kier molecular flexibility index (Phi) is 4.43. The molecular formula is C16H19NO4. The van der Waals surface area contributed by atoms with E-state index >= 15 is 0 Å². The fourth-order valence-electron chi connectivity index (χ4n) is 2.53. The van der Waals surface area contributed by atoms with Crippen LogP contribution in [0.25, 0.3) is 0 Å². The first-order valence-electron chi connectivity index (χ1n) is 6.78. The number of aliphatic hydroxyl groups is 1. The number of carbonyl (C=O) groups excluding carboxylic acids is 2. The molecule has 0 spiro atoms. The van der Waals surface area contributed by atoms with Crippen LogP contribution in [-0.2, 0) is 14.3 Å². The molecule has 1 N–H and O–H groups in total. The first-order chi connectivity index (χ1) is 9.97. The van der Waals surface area contributed by atoms with Crippen molar-refractivity contribution in [3.63, 3.8) is 0 Å². The highest BCUT2D eigenvalue weighted by molar-refractivity contribution is 6.08. The van der Waals surface area contributed by atoms with E-state index in [0.717, 1.165) is 11.1 Å². The number of aryl methyl sites for hydroxylation is 1. The van der Waals surface area contributed by atoms with Gasteiger partial charge in [-0.15, -0.1) is 0 Å². The van der Waals surface area contributed by atoms with E-state index in [1.807, 2.05) is 31.2 Å². The van der Waals surface area contributed by atoms with Crippen molar-refractivity contribution < 1.29 is 19.4 Å². The van der Waals surface area contributed by atoms with Crippen molar-refractivity contribution in [1.82, 2.24) is 4.90 Å². The minimum atomic E-state index is -0.550. The lowest BCUT2D eigenvalue weighted by atomic mass is 9.96. The van der Waals surface area contributed by atoms with Crippen LogP contribution in [0, 0.1) is 6.92 Å². The third kappa shape index (κ3) is 2.83. The molecule has 1 amide bonds. The van der Waals surface area contributed by atoms with Gasteiger partial charge in [0.1, 0.15) is 0 Å². The molecular weight excluding hydrogens is 270 g/mol. The van der Waals surface area contributed by atoms with E-state index in [9.17, 15) is 14.7 Å². The number of nitrogens with zero attached hydrogens (tertiary/aromatic N) is 1. The average Bonchev–Trinajstić information content (AvgIpc) is 2.70. The molecule has 0 radical (unpaired) electrons. The van der Waals surface area contributed by atoms with Crippen LogP contribution in [0.1, 0.15) is 24.1 Å². The smallest absolute Gasteiger partial charge is 0.290 e. The molecule has 21 heavy (non-hydrogen) atoms. The molecule has 1 heterocycles. The van der Waals surface area contributed by atoms with Crippen LogP contribution in [0.15, 0.2) is 35.6 Å². The summed E-state index contributed by atoms with van der Waals surface area (Å²) in [5, 5.41) is 10.0. The Hall–Kier alpha value is -2.14. The van der Waals surface area contributed by atoms with Gasteiger partial charge in [-0.2, -0.15) is 0 Å². The molecule has 2 rings (SSSR count). The van der Waals surface area contributed by atoms with Crippen molar-refractivity contribution in [3.8, 4) is 0 Å². The van der Waals surface area contributed by atoms with Gasteiger partial charge in [-0.1, -0.05) is 29.8 Å².